The van der Waals surface area contributed by atoms with Crippen LogP contribution in [0.1, 0.15) is 40.0 Å². The van der Waals surface area contributed by atoms with Crippen LogP contribution in [0.3, 0.4) is 0 Å². The van der Waals surface area contributed by atoms with Crippen molar-refractivity contribution in [3.63, 3.8) is 0 Å². The summed E-state index contributed by atoms with van der Waals surface area (Å²) in [6.45, 7) is 16.0. The summed E-state index contributed by atoms with van der Waals surface area (Å²) < 4.78 is 74.0. The van der Waals surface area contributed by atoms with E-state index in [0.717, 1.165) is 12.8 Å². The quantitative estimate of drug-likeness (QED) is 0.416. The lowest BCUT2D eigenvalue weighted by Crippen LogP contribution is -2.76. The minimum absolute atomic E-state index is 0.428. The summed E-state index contributed by atoms with van der Waals surface area (Å²) in [6.07, 6.45) is 2.22. The Labute approximate surface area is 232 Å². The van der Waals surface area contributed by atoms with Crippen LogP contribution in [0.4, 0.5) is 0 Å². The normalized spacial score (nSPS) is 44.0. The maximum absolute atomic E-state index is 11.2. The highest BCUT2D eigenvalue weighted by atomic mass is 28.6. The molecule has 3 radical (unpaired) electrons. The third-order valence-electron chi connectivity index (χ3n) is 6.09. The molecule has 0 aromatic carbocycles. The summed E-state index contributed by atoms with van der Waals surface area (Å²) in [5, 5.41) is 0. The molecule has 37 heavy (non-hydrogen) atoms. The summed E-state index contributed by atoms with van der Waals surface area (Å²) in [4.78, 5) is 11.2. The molecule has 4 fully saturated rings. The molecular formula is C16H41O12Si9. The van der Waals surface area contributed by atoms with Gasteiger partial charge in [-0.2, -0.15) is 0 Å². The van der Waals surface area contributed by atoms with E-state index in [1.54, 1.807) is 0 Å². The first-order valence-electron chi connectivity index (χ1n) is 13.1. The van der Waals surface area contributed by atoms with Crippen LogP contribution < -0.4 is 0 Å². The molecule has 0 aromatic heterocycles. The van der Waals surface area contributed by atoms with E-state index in [1.807, 2.05) is 40.0 Å². The molecule has 21 heteroatoms. The predicted molar refractivity (Wildman–Crippen MR) is 150 cm³/mol. The van der Waals surface area contributed by atoms with Gasteiger partial charge in [0.1, 0.15) is 0 Å². The molecule has 0 amide bonds. The van der Waals surface area contributed by atoms with Crippen LogP contribution in [0.2, 0.25) is 63.0 Å². The Morgan fingerprint density at radius 2 is 1.03 bits per heavy atom. The highest BCUT2D eigenvalue weighted by Crippen LogP contribution is 2.45. The van der Waals surface area contributed by atoms with Crippen molar-refractivity contribution in [1.82, 2.24) is 0 Å². The zero-order valence-corrected chi connectivity index (χ0v) is 32.1. The molecule has 4 aliphatic rings. The molecule has 0 aliphatic carbocycles. The first-order chi connectivity index (χ1) is 17.2. The Kier molecular flexibility index (Phi) is 9.87. The molecule has 4 saturated heterocycles. The van der Waals surface area contributed by atoms with Gasteiger partial charge in [-0.3, -0.25) is 0 Å². The molecule has 0 aromatic rings. The molecule has 4 aliphatic heterocycles. The third-order valence-corrected chi connectivity index (χ3v) is 40.3. The van der Waals surface area contributed by atoms with Gasteiger partial charge >= 0.3 is 80.4 Å². The average Bonchev–Trinajstić information content (AvgIpc) is 2.75. The molecule has 5 unspecified atom stereocenters. The maximum Gasteiger partial charge on any atom is 0.558 e. The number of rotatable bonds is 6. The summed E-state index contributed by atoms with van der Waals surface area (Å²) in [5.74, 6) is 0. The van der Waals surface area contributed by atoms with Crippen molar-refractivity contribution in [1.29, 1.82) is 0 Å². The Bertz CT molecular complexity index is 821. The molecule has 213 valence electrons. The van der Waals surface area contributed by atoms with E-state index in [9.17, 15) is 4.80 Å². The van der Waals surface area contributed by atoms with E-state index in [2.05, 4.69) is 13.5 Å². The predicted octanol–water partition coefficient (Wildman–Crippen LogP) is 3.20. The van der Waals surface area contributed by atoms with Gasteiger partial charge in [0.25, 0.3) is 0 Å². The molecule has 4 heterocycles. The molecule has 4 rings (SSSR count). The van der Waals surface area contributed by atoms with Crippen LogP contribution in [-0.4, -0.2) is 85.2 Å². The van der Waals surface area contributed by atoms with Gasteiger partial charge in [-0.1, -0.05) is 40.0 Å². The SMILES string of the molecule is CCC[Si]12O[Si](C)O[Si]3(C)CC[Si]4(O1)O[Si](CCC)(O[Si](C)O3)O[Si](C)(C)O[Si](CCC)(O[Si](O)O2)O4. The standard InChI is InChI=1S/C16H41O12Si9/c1-9-12-34-20-29(4)18-33(8)15-16-37(26-34)27-35(13-10-2,21-30(5)19-33)24-32(6,7)25-36(28-37,14-11-3)23-31(17)22-34/h17H,9-16H2,1-8H3. The molecule has 1 N–H and O–H groups in total. The first kappa shape index (κ1) is 31.4. The fourth-order valence-corrected chi connectivity index (χ4v) is 47.1. The lowest BCUT2D eigenvalue weighted by atomic mass is 10.6. The number of hydrogen-bond acceptors (Lipinski definition) is 12. The van der Waals surface area contributed by atoms with Crippen molar-refractivity contribution < 1.29 is 50.1 Å². The molecule has 12 nitrogen and oxygen atoms in total. The van der Waals surface area contributed by atoms with Crippen molar-refractivity contribution in [3.8, 4) is 0 Å². The second-order valence-electron chi connectivity index (χ2n) is 10.4. The average molecular weight is 678 g/mol. The molecule has 5 atom stereocenters. The smallest absolute Gasteiger partial charge is 0.415 e. The minimum Gasteiger partial charge on any atom is -0.415 e. The van der Waals surface area contributed by atoms with Gasteiger partial charge in [-0.15, -0.1) is 0 Å². The molecule has 1 spiro atoms. The maximum atomic E-state index is 11.2. The summed E-state index contributed by atoms with van der Waals surface area (Å²) in [7, 11) is -26.5. The van der Waals surface area contributed by atoms with E-state index in [4.69, 9.17) is 45.3 Å². The largest absolute Gasteiger partial charge is 0.558 e. The minimum atomic E-state index is -3.71. The van der Waals surface area contributed by atoms with Gasteiger partial charge in [0, 0.05) is 24.2 Å². The van der Waals surface area contributed by atoms with Crippen LogP contribution in [0.25, 0.3) is 0 Å². The van der Waals surface area contributed by atoms with Crippen molar-refractivity contribution in [2.75, 3.05) is 0 Å². The van der Waals surface area contributed by atoms with Crippen LogP contribution in [0, 0.1) is 0 Å². The summed E-state index contributed by atoms with van der Waals surface area (Å²) in [6, 6.07) is 2.53. The third kappa shape index (κ3) is 7.28. The van der Waals surface area contributed by atoms with Crippen molar-refractivity contribution in [2.24, 2.45) is 0 Å². The van der Waals surface area contributed by atoms with Crippen LogP contribution in [0.5, 0.6) is 0 Å². The summed E-state index contributed by atoms with van der Waals surface area (Å²) >= 11 is 0. The van der Waals surface area contributed by atoms with E-state index in [1.165, 1.54) is 0 Å². The molecule has 5 bridgehead atoms. The highest BCUT2D eigenvalue weighted by Gasteiger charge is 2.71. The second kappa shape index (κ2) is 11.6. The van der Waals surface area contributed by atoms with Crippen LogP contribution in [-0.2, 0) is 45.3 Å². The van der Waals surface area contributed by atoms with Crippen LogP contribution in [0.15, 0.2) is 0 Å². The summed E-state index contributed by atoms with van der Waals surface area (Å²) in [5.41, 5.74) is 0. The topological polar surface area (TPSA) is 122 Å². The Morgan fingerprint density at radius 3 is 1.57 bits per heavy atom. The van der Waals surface area contributed by atoms with Gasteiger partial charge in [-0.05, 0) is 38.8 Å². The van der Waals surface area contributed by atoms with Crippen molar-refractivity contribution >= 4 is 80.4 Å². The van der Waals surface area contributed by atoms with Crippen molar-refractivity contribution in [3.05, 3.63) is 0 Å². The van der Waals surface area contributed by atoms with E-state index in [0.29, 0.717) is 36.6 Å². The Balaban J connectivity index is 1.95. The Morgan fingerprint density at radius 1 is 0.595 bits per heavy atom. The van der Waals surface area contributed by atoms with Crippen molar-refractivity contribution in [2.45, 2.75) is 103 Å². The van der Waals surface area contributed by atoms with Gasteiger partial charge in [0.05, 0.1) is 0 Å². The first-order valence-corrected chi connectivity index (χ1v) is 31.1. The van der Waals surface area contributed by atoms with Gasteiger partial charge in [0.2, 0.25) is 0 Å². The number of hydrogen-bond donors (Lipinski definition) is 1. The molecule has 0 saturated carbocycles. The monoisotopic (exact) mass is 677 g/mol. The zero-order chi connectivity index (χ0) is 27.2. The van der Waals surface area contributed by atoms with Gasteiger partial charge < -0.3 is 50.1 Å². The van der Waals surface area contributed by atoms with Gasteiger partial charge in [0.15, 0.2) is 0 Å². The lowest BCUT2D eigenvalue weighted by Gasteiger charge is -2.52. The Hall–Kier alpha value is 1.47. The van der Waals surface area contributed by atoms with Gasteiger partial charge in [-0.25, -0.2) is 0 Å². The second-order valence-corrected chi connectivity index (χ2v) is 34.9. The van der Waals surface area contributed by atoms with E-state index >= 15 is 0 Å². The fraction of sp³-hybridized carbons (Fsp3) is 1.00. The van der Waals surface area contributed by atoms with E-state index in [-0.39, 0.29) is 0 Å². The van der Waals surface area contributed by atoms with E-state index < -0.39 is 80.4 Å². The fourth-order valence-electron chi connectivity index (χ4n) is 5.14. The molecular weight excluding hydrogens is 637 g/mol. The number of fused-ring (bicyclic) bond motifs is 5. The highest BCUT2D eigenvalue weighted by molar-refractivity contribution is 6.96. The lowest BCUT2D eigenvalue weighted by molar-refractivity contribution is 0.0576. The van der Waals surface area contributed by atoms with Crippen LogP contribution >= 0.6 is 0 Å². The zero-order valence-electron chi connectivity index (χ0n) is 23.1.